The largest absolute Gasteiger partial charge is 0.385 e. The fraction of sp³-hybridized carbons (Fsp3) is 0.471. The van der Waals surface area contributed by atoms with E-state index >= 15 is 0 Å². The molecule has 0 atom stereocenters. The number of ether oxygens (including phenoxy) is 1. The van der Waals surface area contributed by atoms with Crippen LogP contribution < -0.4 is 10.6 Å². The molecule has 0 radical (unpaired) electrons. The van der Waals surface area contributed by atoms with Crippen LogP contribution >= 0.6 is 24.0 Å². The molecule has 0 spiro atoms. The number of H-pyrrole nitrogens is 1. The number of benzene rings is 1. The van der Waals surface area contributed by atoms with Gasteiger partial charge in [-0.3, -0.25) is 4.99 Å². The van der Waals surface area contributed by atoms with E-state index in [-0.39, 0.29) is 24.0 Å². The summed E-state index contributed by atoms with van der Waals surface area (Å²) in [5, 5.41) is 7.95. The van der Waals surface area contributed by atoms with E-state index in [1.165, 1.54) is 16.5 Å². The van der Waals surface area contributed by atoms with Gasteiger partial charge < -0.3 is 20.4 Å². The van der Waals surface area contributed by atoms with Gasteiger partial charge in [-0.15, -0.1) is 24.0 Å². The van der Waals surface area contributed by atoms with Crippen molar-refractivity contribution < 1.29 is 4.74 Å². The topological polar surface area (TPSA) is 61.4 Å². The number of halogens is 1. The number of aliphatic imine (C=N–C) groups is 1. The fourth-order valence-electron chi connectivity index (χ4n) is 2.40. The molecule has 0 unspecified atom stereocenters. The second kappa shape index (κ2) is 11.3. The van der Waals surface area contributed by atoms with Crippen molar-refractivity contribution in [1.82, 2.24) is 15.6 Å². The lowest BCUT2D eigenvalue weighted by molar-refractivity contribution is 0.197. The summed E-state index contributed by atoms with van der Waals surface area (Å²) >= 11 is 0. The van der Waals surface area contributed by atoms with Crippen LogP contribution in [0.15, 0.2) is 35.5 Å². The quantitative estimate of drug-likeness (QED) is 0.261. The van der Waals surface area contributed by atoms with Crippen molar-refractivity contribution >= 4 is 40.8 Å². The van der Waals surface area contributed by atoms with Crippen molar-refractivity contribution in [3.05, 3.63) is 36.0 Å². The Labute approximate surface area is 155 Å². The lowest BCUT2D eigenvalue weighted by atomic mass is 10.1. The van der Waals surface area contributed by atoms with Gasteiger partial charge in [0.2, 0.25) is 0 Å². The van der Waals surface area contributed by atoms with Crippen LogP contribution in [0.3, 0.4) is 0 Å². The van der Waals surface area contributed by atoms with E-state index in [0.29, 0.717) is 0 Å². The molecular weight excluding hydrogens is 403 g/mol. The van der Waals surface area contributed by atoms with Crippen LogP contribution in [0, 0.1) is 0 Å². The van der Waals surface area contributed by atoms with Crippen LogP contribution in [0.25, 0.3) is 10.9 Å². The van der Waals surface area contributed by atoms with Crippen molar-refractivity contribution in [1.29, 1.82) is 0 Å². The van der Waals surface area contributed by atoms with Gasteiger partial charge in [-0.25, -0.2) is 0 Å². The first kappa shape index (κ1) is 19.8. The van der Waals surface area contributed by atoms with Crippen molar-refractivity contribution in [3.8, 4) is 0 Å². The van der Waals surface area contributed by atoms with Crippen LogP contribution in [-0.4, -0.2) is 44.3 Å². The third-order valence-corrected chi connectivity index (χ3v) is 3.48. The van der Waals surface area contributed by atoms with E-state index in [9.17, 15) is 0 Å². The number of fused-ring (bicyclic) bond motifs is 1. The molecule has 1 aromatic carbocycles. The molecule has 0 aliphatic rings. The van der Waals surface area contributed by atoms with E-state index in [1.54, 1.807) is 7.11 Å². The van der Waals surface area contributed by atoms with Gasteiger partial charge in [0.05, 0.1) is 0 Å². The minimum absolute atomic E-state index is 0. The number of para-hydroxylation sites is 1. The fourth-order valence-corrected chi connectivity index (χ4v) is 2.40. The Kier molecular flexibility index (Phi) is 9.70. The van der Waals surface area contributed by atoms with Gasteiger partial charge in [0.1, 0.15) is 0 Å². The summed E-state index contributed by atoms with van der Waals surface area (Å²) in [4.78, 5) is 7.85. The predicted octanol–water partition coefficient (Wildman–Crippen LogP) is 2.92. The highest BCUT2D eigenvalue weighted by Crippen LogP contribution is 2.17. The Bertz CT molecular complexity index is 597. The van der Waals surface area contributed by atoms with E-state index in [2.05, 4.69) is 58.0 Å². The van der Waals surface area contributed by atoms with Gasteiger partial charge in [0.15, 0.2) is 5.96 Å². The maximum atomic E-state index is 5.04. The first-order valence-electron chi connectivity index (χ1n) is 7.91. The number of methoxy groups -OCH3 is 1. The minimum atomic E-state index is 0. The molecule has 0 saturated heterocycles. The highest BCUT2D eigenvalue weighted by atomic mass is 127. The molecule has 3 N–H and O–H groups in total. The number of hydrogen-bond donors (Lipinski definition) is 3. The highest BCUT2D eigenvalue weighted by molar-refractivity contribution is 14.0. The number of nitrogens with one attached hydrogen (secondary N) is 3. The van der Waals surface area contributed by atoms with E-state index in [4.69, 9.17) is 4.74 Å². The van der Waals surface area contributed by atoms with E-state index in [1.807, 2.05) is 0 Å². The summed E-state index contributed by atoms with van der Waals surface area (Å²) in [6.45, 7) is 5.32. The average molecular weight is 430 g/mol. The van der Waals surface area contributed by atoms with Crippen molar-refractivity contribution in [2.24, 2.45) is 4.99 Å². The van der Waals surface area contributed by atoms with Gasteiger partial charge in [-0.05, 0) is 31.4 Å². The van der Waals surface area contributed by atoms with Crippen molar-refractivity contribution in [3.63, 3.8) is 0 Å². The summed E-state index contributed by atoms with van der Waals surface area (Å²) in [6, 6.07) is 8.39. The monoisotopic (exact) mass is 430 g/mol. The minimum Gasteiger partial charge on any atom is -0.385 e. The third-order valence-electron chi connectivity index (χ3n) is 3.48. The van der Waals surface area contributed by atoms with Crippen molar-refractivity contribution in [2.45, 2.75) is 19.8 Å². The second-order valence-corrected chi connectivity index (χ2v) is 5.14. The normalized spacial score (nSPS) is 11.3. The number of nitrogens with zero attached hydrogens (tertiary/aromatic N) is 1. The Morgan fingerprint density at radius 3 is 2.87 bits per heavy atom. The molecular formula is C17H27IN4O. The molecule has 6 heteroatoms. The van der Waals surface area contributed by atoms with Gasteiger partial charge in [0, 0.05) is 50.5 Å². The molecule has 0 saturated carbocycles. The molecule has 0 bridgehead atoms. The van der Waals surface area contributed by atoms with Gasteiger partial charge in [-0.1, -0.05) is 18.2 Å². The lowest BCUT2D eigenvalue weighted by Gasteiger charge is -2.11. The third kappa shape index (κ3) is 6.39. The summed E-state index contributed by atoms with van der Waals surface area (Å²) in [5.41, 5.74) is 2.52. The molecule has 2 aromatic rings. The second-order valence-electron chi connectivity index (χ2n) is 5.14. The molecule has 23 heavy (non-hydrogen) atoms. The van der Waals surface area contributed by atoms with Crippen molar-refractivity contribution in [2.75, 3.05) is 33.4 Å². The summed E-state index contributed by atoms with van der Waals surface area (Å²) < 4.78 is 5.04. The number of aromatic nitrogens is 1. The summed E-state index contributed by atoms with van der Waals surface area (Å²) in [6.07, 6.45) is 4.00. The van der Waals surface area contributed by atoms with Crippen LogP contribution in [0.4, 0.5) is 0 Å². The maximum absolute atomic E-state index is 5.04. The number of rotatable bonds is 8. The molecule has 0 fully saturated rings. The Morgan fingerprint density at radius 1 is 1.26 bits per heavy atom. The van der Waals surface area contributed by atoms with E-state index in [0.717, 1.165) is 45.0 Å². The Balaban J connectivity index is 0.00000264. The summed E-state index contributed by atoms with van der Waals surface area (Å²) in [5.74, 6) is 0.874. The Morgan fingerprint density at radius 2 is 2.09 bits per heavy atom. The number of guanidine groups is 1. The highest BCUT2D eigenvalue weighted by Gasteiger charge is 2.03. The van der Waals surface area contributed by atoms with Crippen LogP contribution in [-0.2, 0) is 11.2 Å². The van der Waals surface area contributed by atoms with Gasteiger partial charge in [-0.2, -0.15) is 0 Å². The molecule has 2 rings (SSSR count). The lowest BCUT2D eigenvalue weighted by Crippen LogP contribution is -2.38. The molecule has 0 aliphatic carbocycles. The summed E-state index contributed by atoms with van der Waals surface area (Å²) in [7, 11) is 1.72. The van der Waals surface area contributed by atoms with Crippen LogP contribution in [0.1, 0.15) is 18.9 Å². The van der Waals surface area contributed by atoms with E-state index < -0.39 is 0 Å². The molecule has 128 valence electrons. The zero-order valence-corrected chi connectivity index (χ0v) is 16.2. The van der Waals surface area contributed by atoms with Crippen LogP contribution in [0.5, 0.6) is 0 Å². The zero-order valence-electron chi connectivity index (χ0n) is 13.9. The Hall–Kier alpha value is -1.28. The number of hydrogen-bond acceptors (Lipinski definition) is 2. The maximum Gasteiger partial charge on any atom is 0.191 e. The zero-order chi connectivity index (χ0) is 15.6. The molecule has 1 heterocycles. The van der Waals surface area contributed by atoms with Crippen LogP contribution in [0.2, 0.25) is 0 Å². The first-order chi connectivity index (χ1) is 10.8. The standard InChI is InChI=1S/C17H26N4O.HI/c1-3-18-17(19-10-6-12-22-2)20-11-9-14-13-21-16-8-5-4-7-15(14)16;/h4-5,7-8,13,21H,3,6,9-12H2,1-2H3,(H2,18,19,20);1H. The predicted molar refractivity (Wildman–Crippen MR) is 108 cm³/mol. The average Bonchev–Trinajstić information content (AvgIpc) is 2.95. The number of aromatic amines is 1. The van der Waals surface area contributed by atoms with Gasteiger partial charge in [0.25, 0.3) is 0 Å². The molecule has 0 amide bonds. The molecule has 5 nitrogen and oxygen atoms in total. The SMILES string of the molecule is CCNC(=NCCCOC)NCCc1c[nH]c2ccccc12.I. The molecule has 0 aliphatic heterocycles. The first-order valence-corrected chi connectivity index (χ1v) is 7.91. The smallest absolute Gasteiger partial charge is 0.191 e. The molecule has 1 aromatic heterocycles. The van der Waals surface area contributed by atoms with Gasteiger partial charge >= 0.3 is 0 Å².